The fourth-order valence-electron chi connectivity index (χ4n) is 2.42. The Balaban J connectivity index is 2.19. The van der Waals surface area contributed by atoms with Gasteiger partial charge in [0.05, 0.1) is 4.92 Å². The highest BCUT2D eigenvalue weighted by atomic mass is 16.6. The number of nitro groups is 1. The largest absolute Gasteiger partial charge is 0.369 e. The average molecular weight is 277 g/mol. The highest BCUT2D eigenvalue weighted by Gasteiger charge is 2.25. The van der Waals surface area contributed by atoms with Crippen LogP contribution in [0.2, 0.25) is 0 Å². The molecule has 1 N–H and O–H groups in total. The van der Waals surface area contributed by atoms with E-state index in [4.69, 9.17) is 0 Å². The number of hydrogen-bond donors (Lipinski definition) is 1. The molecule has 2 rings (SSSR count). The third-order valence-electron chi connectivity index (χ3n) is 3.29. The van der Waals surface area contributed by atoms with Crippen LogP contribution in [0.25, 0.3) is 0 Å². The van der Waals surface area contributed by atoms with Crippen molar-refractivity contribution in [3.63, 3.8) is 0 Å². The maximum absolute atomic E-state index is 11.1. The van der Waals surface area contributed by atoms with Crippen molar-refractivity contribution in [1.82, 2.24) is 5.32 Å². The third kappa shape index (κ3) is 2.93. The molecule has 1 unspecified atom stereocenters. The van der Waals surface area contributed by atoms with E-state index < -0.39 is 4.92 Å². The molecule has 0 bridgehead atoms. The quantitative estimate of drug-likeness (QED) is 0.506. The summed E-state index contributed by atoms with van der Waals surface area (Å²) >= 11 is 0. The van der Waals surface area contributed by atoms with Gasteiger partial charge >= 0.3 is 0 Å². The Morgan fingerprint density at radius 2 is 2.30 bits per heavy atom. The van der Waals surface area contributed by atoms with E-state index >= 15 is 0 Å². The smallest absolute Gasteiger partial charge is 0.270 e. The molecule has 1 atom stereocenters. The molecule has 7 heteroatoms. The molecule has 0 aliphatic carbocycles. The van der Waals surface area contributed by atoms with Gasteiger partial charge in [-0.05, 0) is 12.5 Å². The third-order valence-corrected chi connectivity index (χ3v) is 3.29. The minimum atomic E-state index is -0.527. The maximum Gasteiger partial charge on any atom is 0.270 e. The first kappa shape index (κ1) is 14.0. The van der Waals surface area contributed by atoms with Crippen LogP contribution >= 0.6 is 0 Å². The summed E-state index contributed by atoms with van der Waals surface area (Å²) < 4.78 is 0. The second kappa shape index (κ2) is 5.68. The van der Waals surface area contributed by atoms with E-state index in [1.165, 1.54) is 19.1 Å². The van der Waals surface area contributed by atoms with E-state index in [0.29, 0.717) is 30.6 Å². The van der Waals surface area contributed by atoms with Crippen molar-refractivity contribution in [1.29, 1.82) is 0 Å². The highest BCUT2D eigenvalue weighted by molar-refractivity contribution is 5.86. The Bertz CT molecular complexity index is 559. The Hall–Kier alpha value is -2.44. The number of anilines is 1. The summed E-state index contributed by atoms with van der Waals surface area (Å²) in [6.07, 6.45) is 1.41. The van der Waals surface area contributed by atoms with Crippen LogP contribution in [-0.4, -0.2) is 36.2 Å². The van der Waals surface area contributed by atoms with Crippen molar-refractivity contribution in [3.8, 4) is 0 Å². The molecule has 0 radical (unpaired) electrons. The zero-order valence-corrected chi connectivity index (χ0v) is 11.0. The zero-order valence-electron chi connectivity index (χ0n) is 11.0. The van der Waals surface area contributed by atoms with Crippen molar-refractivity contribution in [3.05, 3.63) is 33.9 Å². The Labute approximate surface area is 115 Å². The van der Waals surface area contributed by atoms with E-state index in [1.54, 1.807) is 6.07 Å². The molecule has 0 saturated carbocycles. The molecule has 0 aromatic heterocycles. The van der Waals surface area contributed by atoms with Crippen LogP contribution in [0.1, 0.15) is 23.7 Å². The van der Waals surface area contributed by atoms with Gasteiger partial charge in [0.1, 0.15) is 0 Å². The zero-order chi connectivity index (χ0) is 14.7. The molecule has 0 spiro atoms. The molecule has 7 nitrogen and oxygen atoms in total. The summed E-state index contributed by atoms with van der Waals surface area (Å²) in [5, 5.41) is 13.5. The van der Waals surface area contributed by atoms with Gasteiger partial charge in [0, 0.05) is 49.4 Å². The standard InChI is InChI=1S/C13H15N3O4/c1-9(18)14-11-4-5-15(7-11)13-3-2-12(16(19)20)6-10(13)8-17/h2-3,6,8,11H,4-5,7H2,1H3,(H,14,18). The van der Waals surface area contributed by atoms with Crippen molar-refractivity contribution >= 4 is 23.6 Å². The van der Waals surface area contributed by atoms with Gasteiger partial charge in [-0.1, -0.05) is 0 Å². The van der Waals surface area contributed by atoms with Crippen molar-refractivity contribution in [2.24, 2.45) is 0 Å². The van der Waals surface area contributed by atoms with Crippen LogP contribution in [0.3, 0.4) is 0 Å². The SMILES string of the molecule is CC(=O)NC1CCN(c2ccc([N+](=O)[O-])cc2C=O)C1. The predicted molar refractivity (Wildman–Crippen MR) is 72.9 cm³/mol. The first-order chi connectivity index (χ1) is 9.51. The maximum atomic E-state index is 11.1. The molecule has 1 aliphatic rings. The number of carbonyl (C=O) groups is 2. The lowest BCUT2D eigenvalue weighted by molar-refractivity contribution is -0.384. The topological polar surface area (TPSA) is 92.6 Å². The summed E-state index contributed by atoms with van der Waals surface area (Å²) in [5.74, 6) is -0.0869. The number of rotatable bonds is 4. The van der Waals surface area contributed by atoms with Crippen LogP contribution in [-0.2, 0) is 4.79 Å². The molecule has 1 aromatic rings. The highest BCUT2D eigenvalue weighted by Crippen LogP contribution is 2.27. The van der Waals surface area contributed by atoms with Gasteiger partial charge in [0.2, 0.25) is 5.91 Å². The van der Waals surface area contributed by atoms with Gasteiger partial charge in [-0.2, -0.15) is 0 Å². The molecule has 1 aromatic carbocycles. The molecule has 1 aliphatic heterocycles. The first-order valence-electron chi connectivity index (χ1n) is 6.27. The number of hydrogen-bond acceptors (Lipinski definition) is 5. The summed E-state index contributed by atoms with van der Waals surface area (Å²) in [4.78, 5) is 34.3. The second-order valence-electron chi connectivity index (χ2n) is 4.75. The van der Waals surface area contributed by atoms with Gasteiger partial charge in [-0.15, -0.1) is 0 Å². The molecular weight excluding hydrogens is 262 g/mol. The fourth-order valence-corrected chi connectivity index (χ4v) is 2.42. The predicted octanol–water partition coefficient (Wildman–Crippen LogP) is 1.12. The molecular formula is C13H15N3O4. The van der Waals surface area contributed by atoms with Crippen molar-refractivity contribution < 1.29 is 14.5 Å². The number of amides is 1. The van der Waals surface area contributed by atoms with Gasteiger partial charge in [0.15, 0.2) is 6.29 Å². The van der Waals surface area contributed by atoms with E-state index in [2.05, 4.69) is 5.32 Å². The second-order valence-corrected chi connectivity index (χ2v) is 4.75. The van der Waals surface area contributed by atoms with Gasteiger partial charge in [-0.25, -0.2) is 0 Å². The van der Waals surface area contributed by atoms with Crippen LogP contribution in [0, 0.1) is 10.1 Å². The molecule has 1 saturated heterocycles. The van der Waals surface area contributed by atoms with Crippen LogP contribution in [0.4, 0.5) is 11.4 Å². The number of nitrogens with one attached hydrogen (secondary N) is 1. The summed E-state index contributed by atoms with van der Waals surface area (Å²) in [6.45, 7) is 2.76. The Morgan fingerprint density at radius 3 is 2.90 bits per heavy atom. The minimum Gasteiger partial charge on any atom is -0.369 e. The summed E-state index contributed by atoms with van der Waals surface area (Å²) in [6, 6.07) is 4.28. The van der Waals surface area contributed by atoms with Crippen molar-refractivity contribution in [2.45, 2.75) is 19.4 Å². The number of carbonyl (C=O) groups excluding carboxylic acids is 2. The monoisotopic (exact) mass is 277 g/mol. The van der Waals surface area contributed by atoms with E-state index in [0.717, 1.165) is 6.42 Å². The summed E-state index contributed by atoms with van der Waals surface area (Å²) in [7, 11) is 0. The lowest BCUT2D eigenvalue weighted by Gasteiger charge is -2.20. The molecule has 20 heavy (non-hydrogen) atoms. The van der Waals surface area contributed by atoms with Gasteiger partial charge in [0.25, 0.3) is 5.69 Å². The molecule has 1 fully saturated rings. The number of nitrogens with zero attached hydrogens (tertiary/aromatic N) is 2. The van der Waals surface area contributed by atoms with Crippen LogP contribution in [0.15, 0.2) is 18.2 Å². The average Bonchev–Trinajstić information content (AvgIpc) is 2.85. The van der Waals surface area contributed by atoms with Gasteiger partial charge < -0.3 is 10.2 Å². The molecule has 106 valence electrons. The lowest BCUT2D eigenvalue weighted by atomic mass is 10.1. The van der Waals surface area contributed by atoms with E-state index in [9.17, 15) is 19.7 Å². The number of aldehydes is 1. The first-order valence-corrected chi connectivity index (χ1v) is 6.27. The fraction of sp³-hybridized carbons (Fsp3) is 0.385. The Kier molecular flexibility index (Phi) is 3.97. The lowest BCUT2D eigenvalue weighted by Crippen LogP contribution is -2.35. The molecule has 1 amide bonds. The van der Waals surface area contributed by atoms with Crippen LogP contribution in [0.5, 0.6) is 0 Å². The van der Waals surface area contributed by atoms with Crippen LogP contribution < -0.4 is 10.2 Å². The van der Waals surface area contributed by atoms with E-state index in [1.807, 2.05) is 4.90 Å². The number of benzene rings is 1. The number of nitro benzene ring substituents is 1. The number of non-ortho nitro benzene ring substituents is 1. The Morgan fingerprint density at radius 1 is 1.55 bits per heavy atom. The minimum absolute atomic E-state index is 0.0437. The normalized spacial score (nSPS) is 17.9. The summed E-state index contributed by atoms with van der Waals surface area (Å²) in [5.41, 5.74) is 0.856. The van der Waals surface area contributed by atoms with E-state index in [-0.39, 0.29) is 17.6 Å². The molecule has 1 heterocycles. The van der Waals surface area contributed by atoms with Crippen molar-refractivity contribution in [2.75, 3.05) is 18.0 Å². The van der Waals surface area contributed by atoms with Gasteiger partial charge in [-0.3, -0.25) is 19.7 Å².